The van der Waals surface area contributed by atoms with Crippen molar-refractivity contribution in [1.82, 2.24) is 0 Å². The Hall–Kier alpha value is -2.54. The smallest absolute Gasteiger partial charge is 0.339 e. The van der Waals surface area contributed by atoms with E-state index in [2.05, 4.69) is 0 Å². The average molecular weight is 346 g/mol. The highest BCUT2D eigenvalue weighted by Crippen LogP contribution is 2.35. The van der Waals surface area contributed by atoms with Crippen LogP contribution in [0.4, 0.5) is 0 Å². The second kappa shape index (κ2) is 5.52. The van der Waals surface area contributed by atoms with E-state index in [1.807, 2.05) is 0 Å². The van der Waals surface area contributed by atoms with Gasteiger partial charge in [-0.3, -0.25) is 4.79 Å². The van der Waals surface area contributed by atoms with Gasteiger partial charge in [-0.15, -0.1) is 0 Å². The first-order chi connectivity index (χ1) is 11.5. The summed E-state index contributed by atoms with van der Waals surface area (Å²) in [4.78, 5) is 11.8. The van der Waals surface area contributed by atoms with Crippen molar-refractivity contribution in [3.05, 3.63) is 47.5 Å². The van der Waals surface area contributed by atoms with Crippen LogP contribution in [0.2, 0.25) is 0 Å². The molecule has 0 aromatic heterocycles. The first-order valence-corrected chi connectivity index (χ1v) is 8.95. The highest BCUT2D eigenvalue weighted by Gasteiger charge is 2.27. The predicted molar refractivity (Wildman–Crippen MR) is 84.3 cm³/mol. The summed E-state index contributed by atoms with van der Waals surface area (Å²) in [7, 11) is -4.03. The fourth-order valence-corrected chi connectivity index (χ4v) is 3.86. The van der Waals surface area contributed by atoms with Crippen LogP contribution >= 0.6 is 0 Å². The van der Waals surface area contributed by atoms with E-state index < -0.39 is 10.1 Å². The molecule has 0 unspecified atom stereocenters. The van der Waals surface area contributed by atoms with Gasteiger partial charge < -0.3 is 13.7 Å². The SMILES string of the molecule is O=C1CCc2c(OS(=O)(=O)c3ccc4c(c3)OCCO4)cccc21. The van der Waals surface area contributed by atoms with E-state index >= 15 is 0 Å². The molecule has 0 bridgehead atoms. The summed E-state index contributed by atoms with van der Waals surface area (Å²) in [5.74, 6) is 1.09. The van der Waals surface area contributed by atoms with Crippen LogP contribution in [-0.2, 0) is 16.5 Å². The second-order valence-corrected chi connectivity index (χ2v) is 7.09. The van der Waals surface area contributed by atoms with Crippen LogP contribution < -0.4 is 13.7 Å². The summed E-state index contributed by atoms with van der Waals surface area (Å²) in [5.41, 5.74) is 1.17. The van der Waals surface area contributed by atoms with Crippen molar-refractivity contribution in [3.63, 3.8) is 0 Å². The molecule has 0 saturated carbocycles. The molecule has 2 aromatic carbocycles. The standard InChI is InChI=1S/C17H14O6S/c18-14-6-5-13-12(14)2-1-3-15(13)23-24(19,20)11-4-7-16-17(10-11)22-9-8-21-16/h1-4,7,10H,5-6,8-9H2. The molecular weight excluding hydrogens is 332 g/mol. The Morgan fingerprint density at radius 1 is 0.958 bits per heavy atom. The minimum absolute atomic E-state index is 0.00665. The molecule has 0 N–H and O–H groups in total. The normalized spacial score (nSPS) is 15.9. The molecule has 1 aliphatic heterocycles. The van der Waals surface area contributed by atoms with Gasteiger partial charge in [0.05, 0.1) is 0 Å². The molecule has 124 valence electrons. The molecule has 4 rings (SSSR count). The Balaban J connectivity index is 1.69. The maximum atomic E-state index is 12.6. The Kier molecular flexibility index (Phi) is 3.45. The van der Waals surface area contributed by atoms with Crippen LogP contribution in [0, 0.1) is 0 Å². The molecule has 6 nitrogen and oxygen atoms in total. The molecule has 0 fully saturated rings. The predicted octanol–water partition coefficient (Wildman–Crippen LogP) is 2.35. The molecule has 0 atom stereocenters. The molecule has 2 aliphatic rings. The Labute approximate surface area is 139 Å². The maximum absolute atomic E-state index is 12.6. The summed E-state index contributed by atoms with van der Waals surface area (Å²) in [6.07, 6.45) is 0.862. The quantitative estimate of drug-likeness (QED) is 0.794. The van der Waals surface area contributed by atoms with Gasteiger partial charge in [0.1, 0.15) is 23.9 Å². The minimum Gasteiger partial charge on any atom is -0.486 e. The van der Waals surface area contributed by atoms with Gasteiger partial charge in [-0.05, 0) is 24.6 Å². The maximum Gasteiger partial charge on any atom is 0.339 e. The summed E-state index contributed by atoms with van der Waals surface area (Å²) < 4.78 is 41.2. The van der Waals surface area contributed by atoms with E-state index in [-0.39, 0.29) is 16.4 Å². The van der Waals surface area contributed by atoms with Crippen molar-refractivity contribution >= 4 is 15.9 Å². The minimum atomic E-state index is -4.03. The molecular formula is C17H14O6S. The van der Waals surface area contributed by atoms with Gasteiger partial charge in [0, 0.05) is 23.6 Å². The van der Waals surface area contributed by atoms with Crippen molar-refractivity contribution in [2.45, 2.75) is 17.7 Å². The lowest BCUT2D eigenvalue weighted by Gasteiger charge is -2.19. The van der Waals surface area contributed by atoms with Gasteiger partial charge in [0.25, 0.3) is 0 Å². The number of hydrogen-bond donors (Lipinski definition) is 0. The van der Waals surface area contributed by atoms with Crippen molar-refractivity contribution in [3.8, 4) is 17.2 Å². The number of carbonyl (C=O) groups excluding carboxylic acids is 1. The number of benzene rings is 2. The number of Topliss-reactive ketones (excluding diaryl/α,β-unsaturated/α-hetero) is 1. The van der Waals surface area contributed by atoms with Crippen LogP contribution in [0.3, 0.4) is 0 Å². The number of ether oxygens (including phenoxy) is 2. The largest absolute Gasteiger partial charge is 0.486 e. The van der Waals surface area contributed by atoms with Gasteiger partial charge in [-0.25, -0.2) is 0 Å². The number of rotatable bonds is 3. The van der Waals surface area contributed by atoms with E-state index in [0.717, 1.165) is 0 Å². The van der Waals surface area contributed by atoms with E-state index in [9.17, 15) is 13.2 Å². The molecule has 0 amide bonds. The van der Waals surface area contributed by atoms with E-state index in [1.54, 1.807) is 24.3 Å². The summed E-state index contributed by atoms with van der Waals surface area (Å²) in [5, 5.41) is 0. The zero-order valence-electron chi connectivity index (χ0n) is 12.7. The van der Waals surface area contributed by atoms with E-state index in [1.165, 1.54) is 12.1 Å². The lowest BCUT2D eigenvalue weighted by molar-refractivity contribution is 0.0994. The van der Waals surface area contributed by atoms with Gasteiger partial charge in [0.2, 0.25) is 0 Å². The van der Waals surface area contributed by atoms with Crippen molar-refractivity contribution in [1.29, 1.82) is 0 Å². The van der Waals surface area contributed by atoms with E-state index in [4.69, 9.17) is 13.7 Å². The topological polar surface area (TPSA) is 78.9 Å². The first-order valence-electron chi connectivity index (χ1n) is 7.54. The number of fused-ring (bicyclic) bond motifs is 2. The summed E-state index contributed by atoms with van der Waals surface area (Å²) in [6, 6.07) is 9.22. The second-order valence-electron chi connectivity index (χ2n) is 5.55. The molecule has 7 heteroatoms. The number of carbonyl (C=O) groups is 1. The Morgan fingerprint density at radius 3 is 2.58 bits per heavy atom. The third-order valence-corrected chi connectivity index (χ3v) is 5.27. The summed E-state index contributed by atoms with van der Waals surface area (Å²) in [6.45, 7) is 0.797. The molecule has 0 spiro atoms. The lowest BCUT2D eigenvalue weighted by atomic mass is 10.1. The van der Waals surface area contributed by atoms with Crippen LogP contribution in [-0.4, -0.2) is 27.4 Å². The Bertz CT molecular complexity index is 932. The highest BCUT2D eigenvalue weighted by atomic mass is 32.2. The lowest BCUT2D eigenvalue weighted by Crippen LogP contribution is -2.16. The van der Waals surface area contributed by atoms with Crippen molar-refractivity contribution in [2.24, 2.45) is 0 Å². The number of hydrogen-bond acceptors (Lipinski definition) is 6. The average Bonchev–Trinajstić information content (AvgIpc) is 2.97. The van der Waals surface area contributed by atoms with Crippen molar-refractivity contribution < 1.29 is 26.9 Å². The molecule has 24 heavy (non-hydrogen) atoms. The highest BCUT2D eigenvalue weighted by molar-refractivity contribution is 7.87. The van der Waals surface area contributed by atoms with Crippen LogP contribution in [0.15, 0.2) is 41.3 Å². The van der Waals surface area contributed by atoms with Gasteiger partial charge in [-0.1, -0.05) is 12.1 Å². The first kappa shape index (κ1) is 15.0. The van der Waals surface area contributed by atoms with E-state index in [0.29, 0.717) is 48.7 Å². The summed E-state index contributed by atoms with van der Waals surface area (Å²) >= 11 is 0. The molecule has 0 saturated heterocycles. The zero-order chi connectivity index (χ0) is 16.7. The zero-order valence-corrected chi connectivity index (χ0v) is 13.5. The fraction of sp³-hybridized carbons (Fsp3) is 0.235. The van der Waals surface area contributed by atoms with Gasteiger partial charge in [0.15, 0.2) is 17.3 Å². The molecule has 2 aromatic rings. The fourth-order valence-electron chi connectivity index (χ4n) is 2.88. The third-order valence-electron chi connectivity index (χ3n) is 4.04. The Morgan fingerprint density at radius 2 is 1.75 bits per heavy atom. The molecule has 0 radical (unpaired) electrons. The van der Waals surface area contributed by atoms with Gasteiger partial charge >= 0.3 is 10.1 Å². The monoisotopic (exact) mass is 346 g/mol. The third kappa shape index (κ3) is 2.50. The van der Waals surface area contributed by atoms with Crippen LogP contribution in [0.1, 0.15) is 22.3 Å². The van der Waals surface area contributed by atoms with Gasteiger partial charge in [-0.2, -0.15) is 8.42 Å². The number of ketones is 1. The van der Waals surface area contributed by atoms with Crippen LogP contribution in [0.25, 0.3) is 0 Å². The molecule has 1 aliphatic carbocycles. The van der Waals surface area contributed by atoms with Crippen LogP contribution in [0.5, 0.6) is 17.2 Å². The van der Waals surface area contributed by atoms with Crippen molar-refractivity contribution in [2.75, 3.05) is 13.2 Å². The molecule has 1 heterocycles.